The van der Waals surface area contributed by atoms with Gasteiger partial charge in [-0.25, -0.2) is 0 Å². The highest BCUT2D eigenvalue weighted by atomic mass is 32.1. The third-order valence-corrected chi connectivity index (χ3v) is 5.85. The summed E-state index contributed by atoms with van der Waals surface area (Å²) in [6, 6.07) is 17.3. The predicted octanol–water partition coefficient (Wildman–Crippen LogP) is 3.85. The molecule has 29 heavy (non-hydrogen) atoms. The van der Waals surface area contributed by atoms with Crippen molar-refractivity contribution in [2.75, 3.05) is 6.61 Å². The number of nitrogens with zero attached hydrogens (tertiary/aromatic N) is 3. The highest BCUT2D eigenvalue weighted by Gasteiger charge is 2.42. The summed E-state index contributed by atoms with van der Waals surface area (Å²) in [6.45, 7) is 2.53. The van der Waals surface area contributed by atoms with Crippen LogP contribution < -0.4 is 10.1 Å². The van der Waals surface area contributed by atoms with Gasteiger partial charge < -0.3 is 10.1 Å². The minimum Gasteiger partial charge on any atom is -0.491 e. The molecule has 4 aromatic rings. The van der Waals surface area contributed by atoms with E-state index in [2.05, 4.69) is 19.0 Å². The summed E-state index contributed by atoms with van der Waals surface area (Å²) in [4.78, 5) is 17.9. The van der Waals surface area contributed by atoms with E-state index < -0.39 is 5.54 Å². The van der Waals surface area contributed by atoms with Gasteiger partial charge in [-0.2, -0.15) is 8.75 Å². The van der Waals surface area contributed by atoms with Crippen LogP contribution in [-0.2, 0) is 5.54 Å². The van der Waals surface area contributed by atoms with Gasteiger partial charge in [0.1, 0.15) is 28.0 Å². The van der Waals surface area contributed by atoms with Crippen LogP contribution in [-0.4, -0.2) is 26.2 Å². The quantitative estimate of drug-likeness (QED) is 0.563. The van der Waals surface area contributed by atoms with Crippen molar-refractivity contribution in [3.05, 3.63) is 83.2 Å². The average Bonchev–Trinajstić information content (AvgIpc) is 3.22. The maximum atomic E-state index is 13.3. The molecule has 0 radical (unpaired) electrons. The zero-order valence-corrected chi connectivity index (χ0v) is 16.6. The lowest BCUT2D eigenvalue weighted by atomic mass is 9.81. The number of fused-ring (bicyclic) bond motifs is 2. The highest BCUT2D eigenvalue weighted by molar-refractivity contribution is 7.00. The molecular formula is C22H18N4O2S. The van der Waals surface area contributed by atoms with E-state index in [1.165, 1.54) is 0 Å². The minimum atomic E-state index is -0.769. The number of amides is 1. The van der Waals surface area contributed by atoms with Crippen LogP contribution >= 0.6 is 11.7 Å². The number of benzene rings is 2. The van der Waals surface area contributed by atoms with E-state index in [0.717, 1.165) is 39.6 Å². The Morgan fingerprint density at radius 1 is 1.10 bits per heavy atom. The molecule has 1 aliphatic rings. The molecule has 1 N–H and O–H groups in total. The molecule has 2 aromatic carbocycles. The smallest absolute Gasteiger partial charge is 0.252 e. The van der Waals surface area contributed by atoms with Crippen LogP contribution in [0.1, 0.15) is 33.6 Å². The van der Waals surface area contributed by atoms with Crippen molar-refractivity contribution in [3.63, 3.8) is 0 Å². The van der Waals surface area contributed by atoms with E-state index >= 15 is 0 Å². The number of hydrogen-bond acceptors (Lipinski definition) is 6. The first-order chi connectivity index (χ1) is 14.2. The van der Waals surface area contributed by atoms with Gasteiger partial charge in [0.2, 0.25) is 0 Å². The lowest BCUT2D eigenvalue weighted by Crippen LogP contribution is -2.50. The standard InChI is InChI=1S/C22H18N4O2S/c1-14-4-7-16(8-5-14)22(10-12-28-19-3-2-11-23-20(19)22)24-21(27)15-6-9-17-18(13-15)26-29-25-17/h2-9,11,13H,10,12H2,1H3,(H,24,27)/t22-/m0/s1. The fourth-order valence-electron chi connectivity index (χ4n) is 3.76. The van der Waals surface area contributed by atoms with Crippen LogP contribution in [0.25, 0.3) is 11.0 Å². The SMILES string of the molecule is Cc1ccc([C@@]2(NC(=O)c3ccc4nsnc4c3)CCOc3cccnc32)cc1. The van der Waals surface area contributed by atoms with E-state index in [0.29, 0.717) is 24.3 Å². The Kier molecular flexibility index (Phi) is 4.24. The Hall–Kier alpha value is -3.32. The first kappa shape index (κ1) is 17.8. The third-order valence-electron chi connectivity index (χ3n) is 5.30. The molecule has 0 saturated heterocycles. The Morgan fingerprint density at radius 3 is 2.79 bits per heavy atom. The van der Waals surface area contributed by atoms with E-state index in [1.54, 1.807) is 18.3 Å². The van der Waals surface area contributed by atoms with Crippen molar-refractivity contribution < 1.29 is 9.53 Å². The molecule has 0 unspecified atom stereocenters. The van der Waals surface area contributed by atoms with Gasteiger partial charge in [0.25, 0.3) is 5.91 Å². The molecule has 1 amide bonds. The summed E-state index contributed by atoms with van der Waals surface area (Å²) in [5, 5.41) is 3.27. The molecule has 1 aliphatic heterocycles. The third kappa shape index (κ3) is 3.03. The fourth-order valence-corrected chi connectivity index (χ4v) is 4.28. The summed E-state index contributed by atoms with van der Waals surface area (Å²) >= 11 is 1.14. The number of nitrogens with one attached hydrogen (secondary N) is 1. The second kappa shape index (κ2) is 6.93. The zero-order valence-electron chi connectivity index (χ0n) is 15.8. The molecule has 6 nitrogen and oxygen atoms in total. The molecule has 7 heteroatoms. The van der Waals surface area contributed by atoms with Gasteiger partial charge in [-0.05, 0) is 42.8 Å². The minimum absolute atomic E-state index is 0.182. The van der Waals surface area contributed by atoms with E-state index in [-0.39, 0.29) is 5.91 Å². The average molecular weight is 402 g/mol. The number of carbonyl (C=O) groups excluding carboxylic acids is 1. The van der Waals surface area contributed by atoms with Crippen molar-refractivity contribution in [1.82, 2.24) is 19.0 Å². The number of aromatic nitrogens is 3. The Balaban J connectivity index is 1.61. The fraction of sp³-hybridized carbons (Fsp3) is 0.182. The highest BCUT2D eigenvalue weighted by Crippen LogP contribution is 2.40. The first-order valence-electron chi connectivity index (χ1n) is 9.36. The summed E-state index contributed by atoms with van der Waals surface area (Å²) in [7, 11) is 0. The number of hydrogen-bond donors (Lipinski definition) is 1. The van der Waals surface area contributed by atoms with Gasteiger partial charge in [0, 0.05) is 18.2 Å². The largest absolute Gasteiger partial charge is 0.491 e. The normalized spacial score (nSPS) is 18.1. The van der Waals surface area contributed by atoms with Gasteiger partial charge in [0.15, 0.2) is 0 Å². The first-order valence-corrected chi connectivity index (χ1v) is 10.1. The Bertz CT molecular complexity index is 1200. The maximum absolute atomic E-state index is 13.3. The molecule has 0 saturated carbocycles. The van der Waals surface area contributed by atoms with Crippen LogP contribution in [0.3, 0.4) is 0 Å². The van der Waals surface area contributed by atoms with Crippen LogP contribution in [0, 0.1) is 6.92 Å². The number of ether oxygens (including phenoxy) is 1. The Morgan fingerprint density at radius 2 is 1.93 bits per heavy atom. The van der Waals surface area contributed by atoms with Gasteiger partial charge in [-0.15, -0.1) is 0 Å². The van der Waals surface area contributed by atoms with Crippen LogP contribution in [0.4, 0.5) is 0 Å². The summed E-state index contributed by atoms with van der Waals surface area (Å²) in [6.07, 6.45) is 2.32. The monoisotopic (exact) mass is 402 g/mol. The molecule has 5 rings (SSSR count). The van der Waals surface area contributed by atoms with Gasteiger partial charge >= 0.3 is 0 Å². The Labute approximate surface area is 171 Å². The summed E-state index contributed by atoms with van der Waals surface area (Å²) in [5.74, 6) is 0.512. The molecule has 0 fully saturated rings. The number of rotatable bonds is 3. The van der Waals surface area contributed by atoms with Crippen molar-refractivity contribution in [2.24, 2.45) is 0 Å². The van der Waals surface area contributed by atoms with Crippen LogP contribution in [0.2, 0.25) is 0 Å². The molecule has 1 atom stereocenters. The topological polar surface area (TPSA) is 77.0 Å². The molecule has 144 valence electrons. The molecular weight excluding hydrogens is 384 g/mol. The van der Waals surface area contributed by atoms with Crippen molar-refractivity contribution in [1.29, 1.82) is 0 Å². The molecule has 0 aliphatic carbocycles. The van der Waals surface area contributed by atoms with Gasteiger partial charge in [-0.3, -0.25) is 9.78 Å². The van der Waals surface area contributed by atoms with Crippen molar-refractivity contribution in [2.45, 2.75) is 18.9 Å². The predicted molar refractivity (Wildman–Crippen MR) is 111 cm³/mol. The molecule has 0 spiro atoms. The second-order valence-electron chi connectivity index (χ2n) is 7.14. The van der Waals surface area contributed by atoms with Crippen LogP contribution in [0.15, 0.2) is 60.8 Å². The zero-order chi connectivity index (χ0) is 19.8. The van der Waals surface area contributed by atoms with E-state index in [4.69, 9.17) is 4.74 Å². The van der Waals surface area contributed by atoms with Crippen LogP contribution in [0.5, 0.6) is 5.75 Å². The van der Waals surface area contributed by atoms with E-state index in [9.17, 15) is 4.79 Å². The van der Waals surface area contributed by atoms with Gasteiger partial charge in [-0.1, -0.05) is 29.8 Å². The lowest BCUT2D eigenvalue weighted by Gasteiger charge is -2.39. The molecule has 2 aromatic heterocycles. The van der Waals surface area contributed by atoms with Gasteiger partial charge in [0.05, 0.1) is 18.3 Å². The molecule has 3 heterocycles. The summed E-state index contributed by atoms with van der Waals surface area (Å²) < 4.78 is 14.3. The molecule has 0 bridgehead atoms. The lowest BCUT2D eigenvalue weighted by molar-refractivity contribution is 0.0884. The number of pyridine rings is 1. The van der Waals surface area contributed by atoms with Crippen molar-refractivity contribution >= 4 is 28.7 Å². The van der Waals surface area contributed by atoms with Crippen molar-refractivity contribution in [3.8, 4) is 5.75 Å². The maximum Gasteiger partial charge on any atom is 0.252 e. The second-order valence-corrected chi connectivity index (χ2v) is 7.67. The summed E-state index contributed by atoms with van der Waals surface area (Å²) in [5.41, 5.74) is 4.14. The number of aryl methyl sites for hydroxylation is 1. The number of carbonyl (C=O) groups is 1. The van der Waals surface area contributed by atoms with E-state index in [1.807, 2.05) is 49.4 Å².